The van der Waals surface area contributed by atoms with E-state index in [1.54, 1.807) is 11.6 Å². The summed E-state index contributed by atoms with van der Waals surface area (Å²) in [5.74, 6) is 0.993. The Hall–Kier alpha value is -3.49. The van der Waals surface area contributed by atoms with Crippen molar-refractivity contribution in [3.05, 3.63) is 51.9 Å². The van der Waals surface area contributed by atoms with Gasteiger partial charge in [0.15, 0.2) is 22.6 Å². The lowest BCUT2D eigenvalue weighted by molar-refractivity contribution is 0.0687. The first-order valence-electron chi connectivity index (χ1n) is 11.1. The Morgan fingerprint density at radius 3 is 3.00 bits per heavy atom. The molecule has 0 spiro atoms. The van der Waals surface area contributed by atoms with Crippen molar-refractivity contribution in [3.63, 3.8) is 0 Å². The number of carboxylic acids is 1. The van der Waals surface area contributed by atoms with Gasteiger partial charge in [-0.15, -0.1) is 0 Å². The predicted molar refractivity (Wildman–Crippen MR) is 115 cm³/mol. The van der Waals surface area contributed by atoms with Gasteiger partial charge >= 0.3 is 12.0 Å². The zero-order chi connectivity index (χ0) is 22.0. The number of aryl methyl sites for hydroxylation is 1. The lowest BCUT2D eigenvalue weighted by Crippen LogP contribution is -2.33. The average molecular weight is 433 g/mol. The molecule has 2 saturated carbocycles. The van der Waals surface area contributed by atoms with Crippen molar-refractivity contribution in [2.75, 3.05) is 0 Å². The summed E-state index contributed by atoms with van der Waals surface area (Å²) in [5, 5.41) is 9.34. The summed E-state index contributed by atoms with van der Waals surface area (Å²) < 4.78 is 7.68. The Morgan fingerprint density at radius 1 is 1.38 bits per heavy atom. The predicted octanol–water partition coefficient (Wildman–Crippen LogP) is 3.41. The summed E-state index contributed by atoms with van der Waals surface area (Å²) in [6, 6.07) is 2.94. The van der Waals surface area contributed by atoms with Crippen LogP contribution in [0.1, 0.15) is 55.3 Å². The quantitative estimate of drug-likeness (QED) is 0.571. The third-order valence-corrected chi connectivity index (χ3v) is 7.09. The molecular formula is C23H23N5O4. The van der Waals surface area contributed by atoms with E-state index < -0.39 is 5.97 Å². The lowest BCUT2D eigenvalue weighted by atomic mass is 9.70. The molecule has 3 heterocycles. The second-order valence-electron chi connectivity index (χ2n) is 9.19. The van der Waals surface area contributed by atoms with Gasteiger partial charge in [-0.1, -0.05) is 18.6 Å². The summed E-state index contributed by atoms with van der Waals surface area (Å²) in [6.07, 6.45) is 9.11. The molecule has 0 aromatic carbocycles. The number of aromatic nitrogens is 5. The van der Waals surface area contributed by atoms with Crippen LogP contribution < -0.4 is 10.3 Å². The zero-order valence-corrected chi connectivity index (χ0v) is 17.7. The van der Waals surface area contributed by atoms with Gasteiger partial charge in [0, 0.05) is 18.2 Å². The van der Waals surface area contributed by atoms with Gasteiger partial charge in [-0.05, 0) is 56.1 Å². The van der Waals surface area contributed by atoms with Crippen LogP contribution in [0.5, 0.6) is 11.8 Å². The van der Waals surface area contributed by atoms with Crippen molar-refractivity contribution in [3.8, 4) is 11.8 Å². The summed E-state index contributed by atoms with van der Waals surface area (Å²) in [6.45, 7) is 2.78. The van der Waals surface area contributed by atoms with E-state index in [4.69, 9.17) is 9.72 Å². The number of rotatable bonds is 6. The Morgan fingerprint density at radius 2 is 2.25 bits per heavy atom. The molecule has 32 heavy (non-hydrogen) atoms. The lowest BCUT2D eigenvalue weighted by Gasteiger charge is -2.36. The van der Waals surface area contributed by atoms with Gasteiger partial charge < -0.3 is 14.4 Å². The third kappa shape index (κ3) is 2.73. The number of hydrogen-bond acceptors (Lipinski definition) is 6. The number of nitrogens with zero attached hydrogens (tertiary/aromatic N) is 4. The molecule has 0 aliphatic heterocycles. The Balaban J connectivity index is 1.46. The number of ether oxygens (including phenoxy) is 1. The minimum Gasteiger partial charge on any atom is -0.476 e. The van der Waals surface area contributed by atoms with Crippen LogP contribution in [0.4, 0.5) is 0 Å². The van der Waals surface area contributed by atoms with Crippen LogP contribution in [0.15, 0.2) is 34.8 Å². The highest BCUT2D eigenvalue weighted by atomic mass is 16.5. The first-order valence-corrected chi connectivity index (χ1v) is 11.1. The van der Waals surface area contributed by atoms with Gasteiger partial charge in [0.2, 0.25) is 0 Å². The Kier molecular flexibility index (Phi) is 4.05. The molecule has 0 saturated heterocycles. The molecule has 3 aromatic rings. The number of aromatic amines is 1. The second-order valence-corrected chi connectivity index (χ2v) is 9.19. The molecule has 0 amide bonds. The molecule has 3 aromatic heterocycles. The normalized spacial score (nSPS) is 25.5. The van der Waals surface area contributed by atoms with Crippen molar-refractivity contribution in [2.45, 2.75) is 51.0 Å². The second kappa shape index (κ2) is 6.75. The fraction of sp³-hybridized carbons (Fsp3) is 0.435. The van der Waals surface area contributed by atoms with E-state index in [1.165, 1.54) is 18.7 Å². The van der Waals surface area contributed by atoms with Gasteiger partial charge in [-0.3, -0.25) is 9.78 Å². The summed E-state index contributed by atoms with van der Waals surface area (Å²) in [5.41, 5.74) is 1.71. The van der Waals surface area contributed by atoms with E-state index in [0.29, 0.717) is 29.5 Å². The number of imidazole rings is 1. The van der Waals surface area contributed by atoms with E-state index >= 15 is 0 Å². The van der Waals surface area contributed by atoms with E-state index in [2.05, 4.69) is 28.0 Å². The molecule has 164 valence electrons. The minimum absolute atomic E-state index is 0.00671. The molecule has 3 atom stereocenters. The molecule has 7 rings (SSSR count). The average Bonchev–Trinajstić information content (AvgIpc) is 3.34. The van der Waals surface area contributed by atoms with E-state index in [9.17, 15) is 14.7 Å². The van der Waals surface area contributed by atoms with Crippen LogP contribution in [0.25, 0.3) is 11.2 Å². The number of carboxylic acid groups (broad SMARTS) is 1. The molecule has 3 unspecified atom stereocenters. The standard InChI is InChI=1S/C23H23N5O4/c1-2-6-28-17-18(25-21(28)23-9-12-7-13(10-23)14(8-12)11-23)26-22(27-19(17)29)32-15-4-3-5-24-16(15)20(30)31/h3-5,7,12,14H,2,6,8-11H2,1H3,(H,30,31)(H,26,27,29). The largest absolute Gasteiger partial charge is 0.476 e. The molecule has 4 aliphatic rings. The number of carbonyl (C=O) groups is 1. The first kappa shape index (κ1) is 19.2. The molecule has 4 aliphatic carbocycles. The smallest absolute Gasteiger partial charge is 0.358 e. The van der Waals surface area contributed by atoms with Crippen molar-refractivity contribution in [1.82, 2.24) is 24.5 Å². The van der Waals surface area contributed by atoms with E-state index in [0.717, 1.165) is 31.5 Å². The van der Waals surface area contributed by atoms with E-state index in [1.807, 2.05) is 4.57 Å². The summed E-state index contributed by atoms with van der Waals surface area (Å²) in [7, 11) is 0. The summed E-state index contributed by atoms with van der Waals surface area (Å²) >= 11 is 0. The van der Waals surface area contributed by atoms with Crippen LogP contribution in [0.2, 0.25) is 0 Å². The van der Waals surface area contributed by atoms with Gasteiger partial charge in [0.25, 0.3) is 5.56 Å². The fourth-order valence-corrected chi connectivity index (χ4v) is 6.09. The van der Waals surface area contributed by atoms with Crippen LogP contribution in [-0.4, -0.2) is 35.6 Å². The number of allylic oxidation sites excluding steroid dienone is 2. The Labute approximate surface area is 183 Å². The molecule has 0 radical (unpaired) electrons. The van der Waals surface area contributed by atoms with Gasteiger partial charge in [-0.25, -0.2) is 14.8 Å². The minimum atomic E-state index is -1.22. The third-order valence-electron chi connectivity index (χ3n) is 7.09. The first-order chi connectivity index (χ1) is 15.5. The zero-order valence-electron chi connectivity index (χ0n) is 17.7. The topological polar surface area (TPSA) is 123 Å². The number of fused-ring (bicyclic) bond motifs is 1. The van der Waals surface area contributed by atoms with Crippen molar-refractivity contribution >= 4 is 17.1 Å². The number of hydrogen-bond donors (Lipinski definition) is 2. The van der Waals surface area contributed by atoms with Gasteiger partial charge in [0.05, 0.1) is 0 Å². The highest BCUT2D eigenvalue weighted by Crippen LogP contribution is 2.61. The van der Waals surface area contributed by atoms with Crippen LogP contribution in [0.3, 0.4) is 0 Å². The maximum absolute atomic E-state index is 13.1. The monoisotopic (exact) mass is 433 g/mol. The Bertz CT molecular complexity index is 1350. The van der Waals surface area contributed by atoms with Crippen molar-refractivity contribution in [2.24, 2.45) is 11.8 Å². The van der Waals surface area contributed by atoms with Crippen LogP contribution >= 0.6 is 0 Å². The molecule has 2 fully saturated rings. The number of aromatic carboxylic acids is 1. The maximum atomic E-state index is 13.1. The fourth-order valence-electron chi connectivity index (χ4n) is 6.09. The molecular weight excluding hydrogens is 410 g/mol. The van der Waals surface area contributed by atoms with Crippen LogP contribution in [-0.2, 0) is 12.0 Å². The van der Waals surface area contributed by atoms with Gasteiger partial charge in [-0.2, -0.15) is 4.98 Å². The highest BCUT2D eigenvalue weighted by molar-refractivity contribution is 5.88. The van der Waals surface area contributed by atoms with Crippen molar-refractivity contribution < 1.29 is 14.6 Å². The number of nitrogens with one attached hydrogen (secondary N) is 1. The number of H-pyrrole nitrogens is 1. The van der Waals surface area contributed by atoms with Crippen LogP contribution in [0, 0.1) is 11.8 Å². The maximum Gasteiger partial charge on any atom is 0.358 e. The summed E-state index contributed by atoms with van der Waals surface area (Å²) in [4.78, 5) is 40.4. The molecule has 2 N–H and O–H groups in total. The number of pyridine rings is 1. The highest BCUT2D eigenvalue weighted by Gasteiger charge is 2.54. The molecule has 4 bridgehead atoms. The van der Waals surface area contributed by atoms with Gasteiger partial charge in [0.1, 0.15) is 5.82 Å². The van der Waals surface area contributed by atoms with E-state index in [-0.39, 0.29) is 28.4 Å². The SMILES string of the molecule is CCCn1c(C23CC4=CC(CC4C2)C3)nc2nc(Oc3cccnc3C(=O)O)[nH]c(=O)c21. The molecule has 9 nitrogen and oxygen atoms in total. The van der Waals surface area contributed by atoms with Crippen molar-refractivity contribution in [1.29, 1.82) is 0 Å². The molecule has 9 heteroatoms.